The number of hydrogen-bond donors (Lipinski definition) is 1. The van der Waals surface area contributed by atoms with Crippen LogP contribution in [0.3, 0.4) is 0 Å². The third kappa shape index (κ3) is 4.48. The maximum atomic E-state index is 12.1. The number of hydrogen-bond acceptors (Lipinski definition) is 5. The zero-order valence-corrected chi connectivity index (χ0v) is 14.6. The molecule has 6 nitrogen and oxygen atoms in total. The molecule has 1 atom stereocenters. The molecule has 1 aromatic rings. The molecule has 1 unspecified atom stereocenters. The van der Waals surface area contributed by atoms with Crippen LogP contribution in [0.4, 0.5) is 0 Å². The third-order valence-electron chi connectivity index (χ3n) is 4.60. The molecular weight excluding hydrogens is 328 g/mol. The standard InChI is InChI=1S/C17H24N2O4S/c20-17(19-8-3-4-9-19)12-23-16-6-2-1-5-14(16)11-18-15-7-10-24(21,22)13-15/h1-2,5-6,15,18H,3-4,7-13H2. The molecule has 2 fully saturated rings. The van der Waals surface area contributed by atoms with Gasteiger partial charge >= 0.3 is 0 Å². The van der Waals surface area contributed by atoms with Gasteiger partial charge in [0.1, 0.15) is 5.75 Å². The zero-order chi connectivity index (χ0) is 17.0. The molecule has 2 aliphatic rings. The Morgan fingerprint density at radius 2 is 2.00 bits per heavy atom. The molecule has 24 heavy (non-hydrogen) atoms. The van der Waals surface area contributed by atoms with E-state index < -0.39 is 9.84 Å². The Balaban J connectivity index is 1.53. The van der Waals surface area contributed by atoms with E-state index >= 15 is 0 Å². The molecular formula is C17H24N2O4S. The normalized spacial score (nSPS) is 22.7. The van der Waals surface area contributed by atoms with Gasteiger partial charge in [0, 0.05) is 31.2 Å². The summed E-state index contributed by atoms with van der Waals surface area (Å²) in [6.45, 7) is 2.23. The second-order valence-electron chi connectivity index (χ2n) is 6.47. The molecule has 2 heterocycles. The molecule has 1 amide bonds. The molecule has 132 valence electrons. The number of carbonyl (C=O) groups excluding carboxylic acids is 1. The third-order valence-corrected chi connectivity index (χ3v) is 6.36. The van der Waals surface area contributed by atoms with Crippen molar-refractivity contribution in [3.05, 3.63) is 29.8 Å². The predicted molar refractivity (Wildman–Crippen MR) is 91.6 cm³/mol. The summed E-state index contributed by atoms with van der Waals surface area (Å²) in [5.41, 5.74) is 0.941. The number of amides is 1. The summed E-state index contributed by atoms with van der Waals surface area (Å²) in [7, 11) is -2.88. The molecule has 0 aromatic heterocycles. The van der Waals surface area contributed by atoms with Crippen LogP contribution in [0, 0.1) is 0 Å². The minimum absolute atomic E-state index is 0.00529. The Morgan fingerprint density at radius 1 is 1.25 bits per heavy atom. The topological polar surface area (TPSA) is 75.7 Å². The Morgan fingerprint density at radius 3 is 2.71 bits per heavy atom. The highest BCUT2D eigenvalue weighted by Gasteiger charge is 2.27. The lowest BCUT2D eigenvalue weighted by Crippen LogP contribution is -2.32. The lowest BCUT2D eigenvalue weighted by Gasteiger charge is -2.17. The van der Waals surface area contributed by atoms with Crippen molar-refractivity contribution in [1.29, 1.82) is 0 Å². The second-order valence-corrected chi connectivity index (χ2v) is 8.69. The fraction of sp³-hybridized carbons (Fsp3) is 0.588. The van der Waals surface area contributed by atoms with E-state index in [1.165, 1.54) is 0 Å². The highest BCUT2D eigenvalue weighted by atomic mass is 32.2. The van der Waals surface area contributed by atoms with Gasteiger partial charge in [0.05, 0.1) is 11.5 Å². The Hall–Kier alpha value is -1.60. The van der Waals surface area contributed by atoms with Crippen molar-refractivity contribution in [2.75, 3.05) is 31.2 Å². The lowest BCUT2D eigenvalue weighted by atomic mass is 10.2. The van der Waals surface area contributed by atoms with Crippen LogP contribution >= 0.6 is 0 Å². The van der Waals surface area contributed by atoms with Crippen LogP contribution in [0.5, 0.6) is 5.75 Å². The predicted octanol–water partition coefficient (Wildman–Crippen LogP) is 0.964. The number of nitrogens with zero attached hydrogens (tertiary/aromatic N) is 1. The van der Waals surface area contributed by atoms with Crippen molar-refractivity contribution < 1.29 is 17.9 Å². The van der Waals surface area contributed by atoms with Gasteiger partial charge in [-0.1, -0.05) is 18.2 Å². The van der Waals surface area contributed by atoms with Crippen LogP contribution in [0.15, 0.2) is 24.3 Å². The summed E-state index contributed by atoms with van der Waals surface area (Å²) >= 11 is 0. The first-order valence-electron chi connectivity index (χ1n) is 8.46. The smallest absolute Gasteiger partial charge is 0.260 e. The summed E-state index contributed by atoms with van der Waals surface area (Å²) in [6, 6.07) is 7.57. The van der Waals surface area contributed by atoms with E-state index in [0.29, 0.717) is 18.7 Å². The number of rotatable bonds is 6. The summed E-state index contributed by atoms with van der Waals surface area (Å²) in [6.07, 6.45) is 2.78. The number of nitrogens with one attached hydrogen (secondary N) is 1. The zero-order valence-electron chi connectivity index (χ0n) is 13.7. The quantitative estimate of drug-likeness (QED) is 0.825. The van der Waals surface area contributed by atoms with Crippen molar-refractivity contribution in [3.8, 4) is 5.75 Å². The van der Waals surface area contributed by atoms with Crippen LogP contribution in [0.2, 0.25) is 0 Å². The van der Waals surface area contributed by atoms with Crippen LogP contribution in [-0.4, -0.2) is 56.5 Å². The molecule has 7 heteroatoms. The highest BCUT2D eigenvalue weighted by Crippen LogP contribution is 2.20. The minimum atomic E-state index is -2.88. The molecule has 0 bridgehead atoms. The molecule has 0 spiro atoms. The molecule has 1 aromatic carbocycles. The molecule has 3 rings (SSSR count). The van der Waals surface area contributed by atoms with Crippen molar-refractivity contribution in [1.82, 2.24) is 10.2 Å². The van der Waals surface area contributed by atoms with Gasteiger partial charge < -0.3 is 15.0 Å². The number of ether oxygens (including phenoxy) is 1. The lowest BCUT2D eigenvalue weighted by molar-refractivity contribution is -0.132. The number of para-hydroxylation sites is 1. The van der Waals surface area contributed by atoms with Crippen LogP contribution in [0.25, 0.3) is 0 Å². The first kappa shape index (κ1) is 17.2. The number of carbonyl (C=O) groups is 1. The van der Waals surface area contributed by atoms with E-state index in [9.17, 15) is 13.2 Å². The number of benzene rings is 1. The number of sulfone groups is 1. The molecule has 1 N–H and O–H groups in total. The van der Waals surface area contributed by atoms with Gasteiger partial charge in [-0.25, -0.2) is 8.42 Å². The average Bonchev–Trinajstić information content (AvgIpc) is 3.21. The monoisotopic (exact) mass is 352 g/mol. The SMILES string of the molecule is O=C(COc1ccccc1CNC1CCS(=O)(=O)C1)N1CCCC1. The Bertz CT molecular complexity index is 684. The van der Waals surface area contributed by atoms with Crippen LogP contribution in [0.1, 0.15) is 24.8 Å². The van der Waals surface area contributed by atoms with Gasteiger partial charge in [0.2, 0.25) is 0 Å². The summed E-state index contributed by atoms with van der Waals surface area (Å²) in [5, 5.41) is 3.28. The van der Waals surface area contributed by atoms with Crippen molar-refractivity contribution in [3.63, 3.8) is 0 Å². The largest absolute Gasteiger partial charge is 0.483 e. The van der Waals surface area contributed by atoms with Crippen LogP contribution in [-0.2, 0) is 21.2 Å². The summed E-state index contributed by atoms with van der Waals surface area (Å²) < 4.78 is 28.7. The Labute approximate surface area is 143 Å². The fourth-order valence-corrected chi connectivity index (χ4v) is 4.91. The fourth-order valence-electron chi connectivity index (χ4n) is 3.20. The van der Waals surface area contributed by atoms with Gasteiger partial charge in [-0.2, -0.15) is 0 Å². The van der Waals surface area contributed by atoms with Gasteiger partial charge in [-0.05, 0) is 25.3 Å². The van der Waals surface area contributed by atoms with E-state index in [2.05, 4.69) is 5.32 Å². The van der Waals surface area contributed by atoms with E-state index in [0.717, 1.165) is 31.5 Å². The van der Waals surface area contributed by atoms with Gasteiger partial charge in [-0.15, -0.1) is 0 Å². The Kier molecular flexibility index (Phi) is 5.40. The first-order chi connectivity index (χ1) is 11.5. The molecule has 0 radical (unpaired) electrons. The summed E-state index contributed by atoms with van der Waals surface area (Å²) in [5.74, 6) is 1.16. The minimum Gasteiger partial charge on any atom is -0.483 e. The summed E-state index contributed by atoms with van der Waals surface area (Å²) in [4.78, 5) is 13.9. The molecule has 2 aliphatic heterocycles. The van der Waals surface area contributed by atoms with E-state index in [-0.39, 0.29) is 30.1 Å². The molecule has 0 saturated carbocycles. The maximum absolute atomic E-state index is 12.1. The van der Waals surface area contributed by atoms with Crippen molar-refractivity contribution >= 4 is 15.7 Å². The molecule has 0 aliphatic carbocycles. The highest BCUT2D eigenvalue weighted by molar-refractivity contribution is 7.91. The van der Waals surface area contributed by atoms with Gasteiger partial charge in [-0.3, -0.25) is 4.79 Å². The van der Waals surface area contributed by atoms with Gasteiger partial charge in [0.15, 0.2) is 16.4 Å². The van der Waals surface area contributed by atoms with Crippen molar-refractivity contribution in [2.45, 2.75) is 31.8 Å². The molecule has 2 saturated heterocycles. The first-order valence-corrected chi connectivity index (χ1v) is 10.3. The maximum Gasteiger partial charge on any atom is 0.260 e. The van der Waals surface area contributed by atoms with E-state index in [4.69, 9.17) is 4.74 Å². The average molecular weight is 352 g/mol. The number of likely N-dealkylation sites (tertiary alicyclic amines) is 1. The van der Waals surface area contributed by atoms with Crippen LogP contribution < -0.4 is 10.1 Å². The van der Waals surface area contributed by atoms with E-state index in [1.807, 2.05) is 29.2 Å². The van der Waals surface area contributed by atoms with E-state index in [1.54, 1.807) is 0 Å². The second kappa shape index (κ2) is 7.53. The van der Waals surface area contributed by atoms with Gasteiger partial charge in [0.25, 0.3) is 5.91 Å². The van der Waals surface area contributed by atoms with Crippen molar-refractivity contribution in [2.24, 2.45) is 0 Å².